The number of piperidine rings is 1. The van der Waals surface area contributed by atoms with Gasteiger partial charge in [-0.15, -0.1) is 11.3 Å². The molecule has 3 rings (SSSR count). The summed E-state index contributed by atoms with van der Waals surface area (Å²) >= 11 is 1.32. The van der Waals surface area contributed by atoms with Gasteiger partial charge in [-0.25, -0.2) is 8.42 Å². The third-order valence-electron chi connectivity index (χ3n) is 4.12. The molecule has 2 aliphatic rings. The van der Waals surface area contributed by atoms with Crippen molar-refractivity contribution in [3.05, 3.63) is 17.5 Å². The quantitative estimate of drug-likeness (QED) is 0.929. The zero-order chi connectivity index (χ0) is 13.3. The predicted octanol–water partition coefficient (Wildman–Crippen LogP) is 2.04. The Bertz CT molecular complexity index is 507. The largest absolute Gasteiger partial charge is 0.312 e. The number of thiophene rings is 1. The van der Waals surface area contributed by atoms with Crippen LogP contribution in [-0.2, 0) is 10.0 Å². The van der Waals surface area contributed by atoms with Crippen LogP contribution in [0.5, 0.6) is 0 Å². The van der Waals surface area contributed by atoms with Crippen molar-refractivity contribution < 1.29 is 8.42 Å². The van der Waals surface area contributed by atoms with Gasteiger partial charge in [0.25, 0.3) is 10.0 Å². The van der Waals surface area contributed by atoms with Crippen molar-refractivity contribution in [2.24, 2.45) is 0 Å². The maximum absolute atomic E-state index is 12.7. The molecule has 2 aliphatic heterocycles. The van der Waals surface area contributed by atoms with E-state index in [0.29, 0.717) is 16.8 Å². The number of sulfonamides is 1. The summed E-state index contributed by atoms with van der Waals surface area (Å²) in [4.78, 5) is 0. The van der Waals surface area contributed by atoms with Crippen LogP contribution >= 0.6 is 11.3 Å². The van der Waals surface area contributed by atoms with E-state index in [1.165, 1.54) is 11.3 Å². The van der Waals surface area contributed by atoms with E-state index in [2.05, 4.69) is 5.32 Å². The third-order valence-corrected chi connectivity index (χ3v) is 7.42. The van der Waals surface area contributed by atoms with E-state index in [1.807, 2.05) is 11.4 Å². The molecule has 2 atom stereocenters. The first-order chi connectivity index (χ1) is 9.19. The third kappa shape index (κ3) is 2.59. The Morgan fingerprint density at radius 3 is 2.84 bits per heavy atom. The van der Waals surface area contributed by atoms with Crippen LogP contribution in [0.1, 0.15) is 32.1 Å². The topological polar surface area (TPSA) is 49.4 Å². The molecule has 0 aromatic carbocycles. The van der Waals surface area contributed by atoms with Crippen LogP contribution in [0, 0.1) is 0 Å². The van der Waals surface area contributed by atoms with Crippen LogP contribution in [-0.4, -0.2) is 37.9 Å². The van der Waals surface area contributed by atoms with E-state index in [1.54, 1.807) is 10.4 Å². The van der Waals surface area contributed by atoms with Gasteiger partial charge in [-0.2, -0.15) is 4.31 Å². The summed E-state index contributed by atoms with van der Waals surface area (Å²) in [5.74, 6) is 0. The summed E-state index contributed by atoms with van der Waals surface area (Å²) in [5, 5.41) is 5.30. The summed E-state index contributed by atoms with van der Waals surface area (Å²) in [5.41, 5.74) is 0. The highest BCUT2D eigenvalue weighted by molar-refractivity contribution is 7.91. The Kier molecular flexibility index (Phi) is 3.93. The molecule has 1 aromatic rings. The van der Waals surface area contributed by atoms with Crippen molar-refractivity contribution in [3.63, 3.8) is 0 Å². The first kappa shape index (κ1) is 13.5. The second-order valence-corrected chi connectivity index (χ2v) is 8.38. The zero-order valence-corrected chi connectivity index (χ0v) is 12.5. The molecular formula is C13H20N2O2S2. The highest BCUT2D eigenvalue weighted by atomic mass is 32.2. The van der Waals surface area contributed by atoms with Crippen molar-refractivity contribution in [2.75, 3.05) is 13.1 Å². The van der Waals surface area contributed by atoms with E-state index >= 15 is 0 Å². The van der Waals surface area contributed by atoms with Crippen LogP contribution in [0.4, 0.5) is 0 Å². The van der Waals surface area contributed by atoms with Gasteiger partial charge in [0.1, 0.15) is 4.21 Å². The second kappa shape index (κ2) is 5.52. The minimum Gasteiger partial charge on any atom is -0.312 e. The number of rotatable bonds is 3. The summed E-state index contributed by atoms with van der Waals surface area (Å²) in [7, 11) is -3.29. The Hall–Kier alpha value is -0.430. The van der Waals surface area contributed by atoms with E-state index in [4.69, 9.17) is 0 Å². The number of hydrogen-bond donors (Lipinski definition) is 1. The summed E-state index contributed by atoms with van der Waals surface area (Å²) in [6, 6.07) is 4.01. The van der Waals surface area contributed by atoms with E-state index in [0.717, 1.165) is 38.6 Å². The molecule has 0 radical (unpaired) electrons. The molecule has 0 aliphatic carbocycles. The lowest BCUT2D eigenvalue weighted by molar-refractivity contribution is 0.211. The van der Waals surface area contributed by atoms with E-state index in [9.17, 15) is 8.42 Å². The molecule has 1 N–H and O–H groups in total. The Balaban J connectivity index is 1.87. The second-order valence-electron chi connectivity index (χ2n) is 5.31. The molecule has 19 heavy (non-hydrogen) atoms. The van der Waals surface area contributed by atoms with E-state index in [-0.39, 0.29) is 6.04 Å². The molecule has 0 saturated carbocycles. The molecule has 6 heteroatoms. The van der Waals surface area contributed by atoms with E-state index < -0.39 is 10.0 Å². The molecule has 1 aromatic heterocycles. The molecule has 2 fully saturated rings. The minimum atomic E-state index is -3.29. The van der Waals surface area contributed by atoms with Gasteiger partial charge in [-0.1, -0.05) is 12.5 Å². The Labute approximate surface area is 118 Å². The molecule has 2 saturated heterocycles. The Morgan fingerprint density at radius 1 is 1.26 bits per heavy atom. The predicted molar refractivity (Wildman–Crippen MR) is 76.9 cm³/mol. The van der Waals surface area contributed by atoms with Crippen molar-refractivity contribution in [2.45, 2.75) is 48.4 Å². The fraction of sp³-hybridized carbons (Fsp3) is 0.692. The van der Waals surface area contributed by atoms with Gasteiger partial charge in [0.2, 0.25) is 0 Å². The fourth-order valence-electron chi connectivity index (χ4n) is 3.20. The van der Waals surface area contributed by atoms with Crippen LogP contribution in [0.2, 0.25) is 0 Å². The molecule has 0 amide bonds. The van der Waals surface area contributed by atoms with Crippen molar-refractivity contribution in [3.8, 4) is 0 Å². The number of nitrogens with zero attached hydrogens (tertiary/aromatic N) is 1. The number of nitrogens with one attached hydrogen (secondary N) is 1. The van der Waals surface area contributed by atoms with Crippen molar-refractivity contribution >= 4 is 21.4 Å². The van der Waals surface area contributed by atoms with Gasteiger partial charge in [0, 0.05) is 18.6 Å². The summed E-state index contributed by atoms with van der Waals surface area (Å²) in [6.07, 6.45) is 5.37. The smallest absolute Gasteiger partial charge is 0.252 e. The highest BCUT2D eigenvalue weighted by Gasteiger charge is 2.38. The fourth-order valence-corrected chi connectivity index (χ4v) is 6.05. The molecule has 3 heterocycles. The van der Waals surface area contributed by atoms with Gasteiger partial charge in [-0.05, 0) is 43.7 Å². The lowest BCUT2D eigenvalue weighted by Crippen LogP contribution is -2.52. The molecule has 4 nitrogen and oxygen atoms in total. The van der Waals surface area contributed by atoms with Crippen LogP contribution in [0.3, 0.4) is 0 Å². The van der Waals surface area contributed by atoms with Gasteiger partial charge < -0.3 is 5.32 Å². The highest BCUT2D eigenvalue weighted by Crippen LogP contribution is 2.31. The molecule has 106 valence electrons. The summed E-state index contributed by atoms with van der Waals surface area (Å²) < 4.78 is 27.7. The number of hydrogen-bond acceptors (Lipinski definition) is 4. The average molecular weight is 300 g/mol. The monoisotopic (exact) mass is 300 g/mol. The van der Waals surface area contributed by atoms with Gasteiger partial charge in [-0.3, -0.25) is 0 Å². The molecule has 0 spiro atoms. The minimum absolute atomic E-state index is 0.142. The van der Waals surface area contributed by atoms with Gasteiger partial charge in [0.15, 0.2) is 0 Å². The van der Waals surface area contributed by atoms with Gasteiger partial charge in [0.05, 0.1) is 0 Å². The van der Waals surface area contributed by atoms with Crippen molar-refractivity contribution in [1.82, 2.24) is 9.62 Å². The zero-order valence-electron chi connectivity index (χ0n) is 10.9. The maximum Gasteiger partial charge on any atom is 0.252 e. The van der Waals surface area contributed by atoms with Crippen LogP contribution in [0.15, 0.2) is 21.7 Å². The first-order valence-electron chi connectivity index (χ1n) is 6.98. The Morgan fingerprint density at radius 2 is 2.16 bits per heavy atom. The normalized spacial score (nSPS) is 29.7. The first-order valence-corrected chi connectivity index (χ1v) is 9.30. The van der Waals surface area contributed by atoms with Crippen LogP contribution in [0.25, 0.3) is 0 Å². The maximum atomic E-state index is 12.7. The van der Waals surface area contributed by atoms with Gasteiger partial charge >= 0.3 is 0 Å². The molecular weight excluding hydrogens is 280 g/mol. The SMILES string of the molecule is O=S(=O)(c1cccs1)N1CCCCC1C1CCCN1. The summed E-state index contributed by atoms with van der Waals surface area (Å²) in [6.45, 7) is 1.69. The average Bonchev–Trinajstić information content (AvgIpc) is 3.12. The lowest BCUT2D eigenvalue weighted by Gasteiger charge is -2.37. The molecule has 0 bridgehead atoms. The van der Waals surface area contributed by atoms with Crippen molar-refractivity contribution in [1.29, 1.82) is 0 Å². The van der Waals surface area contributed by atoms with Crippen LogP contribution < -0.4 is 5.32 Å². The standard InChI is InChI=1S/C13H20N2O2S2/c16-19(17,13-7-4-10-18-13)15-9-2-1-6-12(15)11-5-3-8-14-11/h4,7,10-12,14H,1-3,5-6,8-9H2. The lowest BCUT2D eigenvalue weighted by atomic mass is 9.97. The molecule has 2 unspecified atom stereocenters.